The van der Waals surface area contributed by atoms with Crippen molar-refractivity contribution in [3.63, 3.8) is 0 Å². The third-order valence-corrected chi connectivity index (χ3v) is 14.9. The van der Waals surface area contributed by atoms with Crippen LogP contribution in [0.15, 0.2) is 79.3 Å². The van der Waals surface area contributed by atoms with Crippen LogP contribution in [0.25, 0.3) is 55.2 Å². The van der Waals surface area contributed by atoms with Gasteiger partial charge in [-0.15, -0.1) is 11.3 Å². The highest BCUT2D eigenvalue weighted by Crippen LogP contribution is 2.49. The first-order valence-electron chi connectivity index (χ1n) is 24.0. The Labute approximate surface area is 417 Å². The third kappa shape index (κ3) is 8.92. The molecule has 374 valence electrons. The summed E-state index contributed by atoms with van der Waals surface area (Å²) in [4.78, 5) is 77.2. The second-order valence-corrected chi connectivity index (χ2v) is 20.1. The maximum atomic E-state index is 17.0. The number of rotatable bonds is 12. The van der Waals surface area contributed by atoms with E-state index in [2.05, 4.69) is 25.6 Å². The van der Waals surface area contributed by atoms with Crippen molar-refractivity contribution >= 4 is 46.2 Å². The molecule has 5 atom stereocenters. The van der Waals surface area contributed by atoms with Crippen LogP contribution < -0.4 is 15.4 Å². The molecule has 0 aliphatic carbocycles. The lowest BCUT2D eigenvalue weighted by Crippen LogP contribution is -2.51. The number of nitrogens with zero attached hydrogens (tertiary/aromatic N) is 6. The first kappa shape index (κ1) is 48.0. The Hall–Kier alpha value is -7.61. The molecule has 4 amide bonds. The number of H-pyrrole nitrogens is 2. The van der Waals surface area contributed by atoms with Gasteiger partial charge in [0, 0.05) is 41.4 Å². The predicted molar refractivity (Wildman–Crippen MR) is 264 cm³/mol. The van der Waals surface area contributed by atoms with Gasteiger partial charge in [0.2, 0.25) is 18.0 Å². The number of imidazole rings is 2. The monoisotopic (exact) mass is 1000 g/mol. The molecule has 2 fully saturated rings. The van der Waals surface area contributed by atoms with E-state index < -0.39 is 42.4 Å². The molecule has 7 heterocycles. The zero-order chi connectivity index (χ0) is 50.5. The molecule has 72 heavy (non-hydrogen) atoms. The fourth-order valence-electron chi connectivity index (χ4n) is 10.1. The van der Waals surface area contributed by atoms with Crippen LogP contribution in [-0.2, 0) is 19.1 Å². The summed E-state index contributed by atoms with van der Waals surface area (Å²) in [6.45, 7) is 8.45. The van der Waals surface area contributed by atoms with Crippen LogP contribution in [0.2, 0.25) is 0 Å². The number of thiazole rings is 1. The van der Waals surface area contributed by atoms with Gasteiger partial charge in [0.25, 0.3) is 0 Å². The van der Waals surface area contributed by atoms with Crippen LogP contribution in [0, 0.1) is 23.5 Å². The number of carbonyl (C=O) groups is 4. The number of nitrogens with one attached hydrogen (secondary N) is 4. The molecule has 17 nitrogen and oxygen atoms in total. The number of ether oxygens (including phenoxy) is 3. The third-order valence-electron chi connectivity index (χ3n) is 13.8. The summed E-state index contributed by atoms with van der Waals surface area (Å²) in [5.41, 5.74) is 4.88. The van der Waals surface area contributed by atoms with Crippen LogP contribution in [0.3, 0.4) is 0 Å². The number of fused-ring (bicyclic) bond motifs is 5. The predicted octanol–water partition coefficient (Wildman–Crippen LogP) is 9.52. The number of aromatic nitrogens is 6. The normalized spacial score (nSPS) is 18.2. The SMILES string of the molecule is COC(=O)NC(C(=O)N1CCC[C@H]1c1ncc(-c2ccc3c(c2)cc2n3C(c3cnc(-c4ccc(F)cc4)s3)Oc3cc(-c4cnc(C5CCCN5C(=O)[C@@H](NC(=O)OC)C(C)C)[nH]4)cc(F)c3-2)[nH]1)C(C)C. The van der Waals surface area contributed by atoms with E-state index in [9.17, 15) is 23.6 Å². The number of benzene rings is 3. The zero-order valence-corrected chi connectivity index (χ0v) is 41.3. The molecule has 7 aromatic rings. The molecule has 3 aromatic carbocycles. The van der Waals surface area contributed by atoms with Crippen molar-refractivity contribution in [1.29, 1.82) is 0 Å². The summed E-state index contributed by atoms with van der Waals surface area (Å²) in [6, 6.07) is 14.9. The summed E-state index contributed by atoms with van der Waals surface area (Å²) in [5, 5.41) is 6.82. The molecular weight excluding hydrogens is 947 g/mol. The zero-order valence-electron chi connectivity index (χ0n) is 40.5. The molecule has 0 bridgehead atoms. The number of likely N-dealkylation sites (tertiary alicyclic amines) is 2. The Morgan fingerprint density at radius 3 is 1.86 bits per heavy atom. The molecule has 2 saturated heterocycles. The van der Waals surface area contributed by atoms with E-state index in [0.717, 1.165) is 45.4 Å². The van der Waals surface area contributed by atoms with E-state index in [1.165, 1.54) is 43.8 Å². The maximum absolute atomic E-state index is 17.0. The van der Waals surface area contributed by atoms with Crippen molar-refractivity contribution in [3.05, 3.63) is 107 Å². The summed E-state index contributed by atoms with van der Waals surface area (Å²) < 4.78 is 49.4. The number of aromatic amines is 2. The van der Waals surface area contributed by atoms with Gasteiger partial charge in [0.05, 0.1) is 71.7 Å². The van der Waals surface area contributed by atoms with Crippen molar-refractivity contribution in [2.24, 2.45) is 11.8 Å². The van der Waals surface area contributed by atoms with Crippen molar-refractivity contribution in [2.45, 2.75) is 83.8 Å². The van der Waals surface area contributed by atoms with E-state index >= 15 is 4.39 Å². The fraction of sp³-hybridized carbons (Fsp3) is 0.365. The molecule has 3 aliphatic rings. The van der Waals surface area contributed by atoms with E-state index in [4.69, 9.17) is 24.2 Å². The van der Waals surface area contributed by atoms with E-state index in [-0.39, 0.29) is 41.1 Å². The van der Waals surface area contributed by atoms with Crippen LogP contribution in [0.1, 0.15) is 88.2 Å². The van der Waals surface area contributed by atoms with Gasteiger partial charge in [-0.05, 0) is 92.1 Å². The highest BCUT2D eigenvalue weighted by atomic mass is 32.1. The summed E-state index contributed by atoms with van der Waals surface area (Å²) in [7, 11) is 2.52. The van der Waals surface area contributed by atoms with Gasteiger partial charge in [0.1, 0.15) is 46.1 Å². The van der Waals surface area contributed by atoms with Crippen molar-refractivity contribution in [3.8, 4) is 50.1 Å². The Bertz CT molecular complexity index is 3200. The minimum absolute atomic E-state index is 0.174. The van der Waals surface area contributed by atoms with Crippen LogP contribution in [0.4, 0.5) is 18.4 Å². The van der Waals surface area contributed by atoms with Gasteiger partial charge in [-0.1, -0.05) is 33.8 Å². The molecular formula is C52H54F2N10O7S. The molecule has 4 aromatic heterocycles. The second-order valence-electron chi connectivity index (χ2n) is 19.0. The molecule has 10 rings (SSSR count). The largest absolute Gasteiger partial charge is 0.464 e. The molecule has 3 aliphatic heterocycles. The van der Waals surface area contributed by atoms with Crippen molar-refractivity contribution in [1.82, 2.24) is 49.9 Å². The van der Waals surface area contributed by atoms with E-state index in [1.54, 1.807) is 46.6 Å². The van der Waals surface area contributed by atoms with Crippen LogP contribution >= 0.6 is 11.3 Å². The smallest absolute Gasteiger partial charge is 0.407 e. The minimum atomic E-state index is -0.798. The maximum Gasteiger partial charge on any atom is 0.407 e. The number of hydrogen-bond donors (Lipinski definition) is 4. The lowest BCUT2D eigenvalue weighted by Gasteiger charge is -2.30. The second kappa shape index (κ2) is 19.5. The molecule has 0 radical (unpaired) electrons. The Morgan fingerprint density at radius 2 is 1.29 bits per heavy atom. The van der Waals surface area contributed by atoms with Gasteiger partial charge in [0.15, 0.2) is 0 Å². The highest BCUT2D eigenvalue weighted by Gasteiger charge is 2.40. The van der Waals surface area contributed by atoms with Gasteiger partial charge < -0.3 is 44.6 Å². The average Bonchev–Trinajstić information content (AvgIpc) is 4.24. The molecule has 20 heteroatoms. The number of methoxy groups -OCH3 is 2. The number of alkyl carbamates (subject to hydrolysis) is 2. The van der Waals surface area contributed by atoms with Gasteiger partial charge in [-0.25, -0.2) is 33.3 Å². The Balaban J connectivity index is 0.987. The molecule has 0 saturated carbocycles. The molecule has 3 unspecified atom stereocenters. The van der Waals surface area contributed by atoms with E-state index in [0.29, 0.717) is 65.3 Å². The first-order chi connectivity index (χ1) is 34.7. The van der Waals surface area contributed by atoms with Gasteiger partial charge >= 0.3 is 12.2 Å². The minimum Gasteiger partial charge on any atom is -0.464 e. The van der Waals surface area contributed by atoms with Crippen LogP contribution in [-0.4, -0.2) is 103 Å². The number of amides is 4. The number of carbonyl (C=O) groups excluding carboxylic acids is 4. The van der Waals surface area contributed by atoms with Crippen molar-refractivity contribution in [2.75, 3.05) is 27.3 Å². The number of halogens is 2. The molecule has 4 N–H and O–H groups in total. The average molecular weight is 1000 g/mol. The Morgan fingerprint density at radius 1 is 0.722 bits per heavy atom. The molecule has 0 spiro atoms. The lowest BCUT2D eigenvalue weighted by atomic mass is 10.0. The van der Waals surface area contributed by atoms with Gasteiger partial charge in [-0.3, -0.25) is 14.2 Å². The Kier molecular flexibility index (Phi) is 13.0. The van der Waals surface area contributed by atoms with Gasteiger partial charge in [-0.2, -0.15) is 0 Å². The topological polar surface area (TPSA) is 202 Å². The van der Waals surface area contributed by atoms with Crippen molar-refractivity contribution < 1.29 is 42.2 Å². The summed E-state index contributed by atoms with van der Waals surface area (Å²) in [5.74, 6) is -0.255. The summed E-state index contributed by atoms with van der Waals surface area (Å²) in [6.07, 6.45) is 5.78. The lowest BCUT2D eigenvalue weighted by molar-refractivity contribution is -0.136. The summed E-state index contributed by atoms with van der Waals surface area (Å²) >= 11 is 1.39. The highest BCUT2D eigenvalue weighted by molar-refractivity contribution is 7.15. The number of hydrogen-bond acceptors (Lipinski definition) is 11. The van der Waals surface area contributed by atoms with E-state index in [1.807, 2.05) is 56.5 Å². The van der Waals surface area contributed by atoms with Crippen LogP contribution in [0.5, 0.6) is 5.75 Å². The standard InChI is InChI=1S/C52H54F2N10O7S/c1-26(2)43(60-51(67)69-5)48(65)62-17-7-9-37(62)45-55-23-34(58-45)29-13-16-36-31(19-29)21-39-42-33(54)20-30(22-40(42)71-50(64(36)39)41-25-57-47(72-41)28-11-14-32(53)15-12-28)35-24-56-46(59-35)38-10-8-18-63(38)49(66)44(27(3)4)61-52(68)70-6/h11-16,19-27,37-38,43-44,50H,7-10,17-18H2,1-6H3,(H,55,58)(H,56,59)(H,60,67)(H,61,68)/t37-,38?,43?,44-,50?/m0/s1. The first-order valence-corrected chi connectivity index (χ1v) is 24.8. The fourth-order valence-corrected chi connectivity index (χ4v) is 11.0. The quantitative estimate of drug-likeness (QED) is 0.0914.